The van der Waals surface area contributed by atoms with E-state index in [0.29, 0.717) is 5.56 Å². The van der Waals surface area contributed by atoms with E-state index in [1.807, 2.05) is 0 Å². The Balaban J connectivity index is 2.10. The van der Waals surface area contributed by atoms with Crippen LogP contribution in [-0.2, 0) is 9.84 Å². The number of nitrogens with two attached hydrogens (primary N) is 1. The maximum atomic E-state index is 12.1. The van der Waals surface area contributed by atoms with Crippen LogP contribution in [0, 0.1) is 0 Å². The van der Waals surface area contributed by atoms with E-state index in [2.05, 4.69) is 4.98 Å². The average Bonchev–Trinajstić information content (AvgIpc) is 2.38. The van der Waals surface area contributed by atoms with E-state index >= 15 is 0 Å². The van der Waals surface area contributed by atoms with Gasteiger partial charge >= 0.3 is 0 Å². The molecule has 1 aromatic heterocycles. The second-order valence-corrected chi connectivity index (χ2v) is 6.98. The zero-order valence-electron chi connectivity index (χ0n) is 10.1. The van der Waals surface area contributed by atoms with E-state index in [4.69, 9.17) is 18.0 Å². The molecule has 0 radical (unpaired) electrons. The van der Waals surface area contributed by atoms with Crippen molar-refractivity contribution in [2.45, 2.75) is 0 Å². The molecule has 0 atom stereocenters. The van der Waals surface area contributed by atoms with Gasteiger partial charge in [0.1, 0.15) is 10.7 Å². The number of thiocarbonyl (C=S) groups is 1. The van der Waals surface area contributed by atoms with Gasteiger partial charge in [0.2, 0.25) is 0 Å². The predicted octanol–water partition coefficient (Wildman–Crippen LogP) is -0.414. The third kappa shape index (κ3) is 3.27. The molecule has 8 heteroatoms. The quantitative estimate of drug-likeness (QED) is 0.746. The molecule has 2 N–H and O–H groups in total. The molecule has 1 saturated heterocycles. The summed E-state index contributed by atoms with van der Waals surface area (Å²) in [6, 6.07) is 3.17. The maximum absolute atomic E-state index is 12.1. The van der Waals surface area contributed by atoms with E-state index in [1.54, 1.807) is 12.1 Å². The third-order valence-electron chi connectivity index (χ3n) is 2.90. The Morgan fingerprint density at radius 1 is 1.32 bits per heavy atom. The van der Waals surface area contributed by atoms with Crippen LogP contribution in [0.5, 0.6) is 0 Å². The molecular formula is C11H13N3O3S2. The van der Waals surface area contributed by atoms with Gasteiger partial charge in [0.05, 0.1) is 11.5 Å². The molecule has 0 aromatic carbocycles. The van der Waals surface area contributed by atoms with Crippen LogP contribution in [0.1, 0.15) is 16.1 Å². The zero-order chi connectivity index (χ0) is 14.0. The number of hydrogen-bond acceptors (Lipinski definition) is 5. The number of aromatic nitrogens is 1. The molecule has 1 aliphatic rings. The van der Waals surface area contributed by atoms with Crippen LogP contribution in [0.2, 0.25) is 0 Å². The van der Waals surface area contributed by atoms with E-state index in [0.717, 1.165) is 0 Å². The number of carbonyl (C=O) groups is 1. The van der Waals surface area contributed by atoms with Crippen molar-refractivity contribution in [3.05, 3.63) is 29.6 Å². The summed E-state index contributed by atoms with van der Waals surface area (Å²) in [5.41, 5.74) is 6.30. The first-order valence-electron chi connectivity index (χ1n) is 5.64. The highest BCUT2D eigenvalue weighted by Crippen LogP contribution is 2.09. The van der Waals surface area contributed by atoms with Gasteiger partial charge in [0, 0.05) is 24.8 Å². The molecule has 1 fully saturated rings. The number of sulfone groups is 1. The van der Waals surface area contributed by atoms with Gasteiger partial charge in [-0.15, -0.1) is 0 Å². The fourth-order valence-electron chi connectivity index (χ4n) is 1.74. The van der Waals surface area contributed by atoms with Crippen molar-refractivity contribution < 1.29 is 13.2 Å². The molecule has 0 spiro atoms. The molecule has 2 rings (SSSR count). The molecule has 2 heterocycles. The molecule has 6 nitrogen and oxygen atoms in total. The summed E-state index contributed by atoms with van der Waals surface area (Å²) >= 11 is 4.80. The van der Waals surface area contributed by atoms with E-state index < -0.39 is 9.84 Å². The molecule has 1 aromatic rings. The van der Waals surface area contributed by atoms with Crippen LogP contribution in [-0.4, -0.2) is 53.8 Å². The lowest BCUT2D eigenvalue weighted by Gasteiger charge is -2.26. The number of rotatable bonds is 2. The van der Waals surface area contributed by atoms with Gasteiger partial charge < -0.3 is 10.6 Å². The molecule has 0 saturated carbocycles. The Labute approximate surface area is 116 Å². The average molecular weight is 299 g/mol. The van der Waals surface area contributed by atoms with Crippen LogP contribution < -0.4 is 5.73 Å². The van der Waals surface area contributed by atoms with E-state index in [1.165, 1.54) is 11.1 Å². The van der Waals surface area contributed by atoms with Crippen molar-refractivity contribution in [1.29, 1.82) is 0 Å². The van der Waals surface area contributed by atoms with Gasteiger partial charge in [0.15, 0.2) is 9.84 Å². The third-order valence-corrected chi connectivity index (χ3v) is 4.74. The lowest BCUT2D eigenvalue weighted by molar-refractivity contribution is 0.0764. The van der Waals surface area contributed by atoms with E-state index in [-0.39, 0.29) is 41.2 Å². The standard InChI is InChI=1S/C11H13N3O3S2/c12-10(18)8-1-2-9(13-7-8)11(15)14-3-5-19(16,17)6-4-14/h1-2,7H,3-6H2,(H2,12,18). The SMILES string of the molecule is NC(=S)c1ccc(C(=O)N2CCS(=O)(=O)CC2)nc1. The first-order chi connectivity index (χ1) is 8.89. The summed E-state index contributed by atoms with van der Waals surface area (Å²) in [6.45, 7) is 0.416. The van der Waals surface area contributed by atoms with Gasteiger partial charge in [-0.2, -0.15) is 0 Å². The number of carbonyl (C=O) groups excluding carboxylic acids is 1. The summed E-state index contributed by atoms with van der Waals surface area (Å²) in [7, 11) is -3.00. The van der Waals surface area contributed by atoms with Crippen molar-refractivity contribution in [2.75, 3.05) is 24.6 Å². The van der Waals surface area contributed by atoms with Gasteiger partial charge in [0.25, 0.3) is 5.91 Å². The van der Waals surface area contributed by atoms with Gasteiger partial charge in [-0.05, 0) is 12.1 Å². The van der Waals surface area contributed by atoms with Crippen molar-refractivity contribution in [1.82, 2.24) is 9.88 Å². The largest absolute Gasteiger partial charge is 0.389 e. The highest BCUT2D eigenvalue weighted by Gasteiger charge is 2.26. The Bertz CT molecular complexity index is 597. The maximum Gasteiger partial charge on any atom is 0.272 e. The van der Waals surface area contributed by atoms with Crippen LogP contribution in [0.4, 0.5) is 0 Å². The highest BCUT2D eigenvalue weighted by atomic mass is 32.2. The second-order valence-electron chi connectivity index (χ2n) is 4.24. The summed E-state index contributed by atoms with van der Waals surface area (Å²) in [4.78, 5) is 17.8. The van der Waals surface area contributed by atoms with Crippen molar-refractivity contribution in [2.24, 2.45) is 5.73 Å². The first-order valence-corrected chi connectivity index (χ1v) is 7.87. The van der Waals surface area contributed by atoms with Gasteiger partial charge in [-0.1, -0.05) is 12.2 Å². The topological polar surface area (TPSA) is 93.4 Å². The zero-order valence-corrected chi connectivity index (χ0v) is 11.7. The molecule has 0 bridgehead atoms. The van der Waals surface area contributed by atoms with Crippen molar-refractivity contribution in [3.8, 4) is 0 Å². The van der Waals surface area contributed by atoms with Crippen LogP contribution in [0.3, 0.4) is 0 Å². The molecule has 0 unspecified atom stereocenters. The van der Waals surface area contributed by atoms with Crippen LogP contribution >= 0.6 is 12.2 Å². The Kier molecular flexibility index (Phi) is 3.81. The molecule has 19 heavy (non-hydrogen) atoms. The summed E-state index contributed by atoms with van der Waals surface area (Å²) in [5.74, 6) is -0.266. The van der Waals surface area contributed by atoms with E-state index in [9.17, 15) is 13.2 Å². The molecule has 1 aliphatic heterocycles. The fourth-order valence-corrected chi connectivity index (χ4v) is 3.07. The first kappa shape index (κ1) is 13.9. The molecule has 102 valence electrons. The lowest BCUT2D eigenvalue weighted by Crippen LogP contribution is -2.44. The molecular weight excluding hydrogens is 286 g/mol. The van der Waals surface area contributed by atoms with Crippen LogP contribution in [0.15, 0.2) is 18.3 Å². The number of pyridine rings is 1. The summed E-state index contributed by atoms with van der Waals surface area (Å²) in [6.07, 6.45) is 1.44. The van der Waals surface area contributed by atoms with Gasteiger partial charge in [-0.25, -0.2) is 8.42 Å². The Morgan fingerprint density at radius 3 is 2.42 bits per heavy atom. The Morgan fingerprint density at radius 2 is 1.95 bits per heavy atom. The minimum atomic E-state index is -3.00. The minimum Gasteiger partial charge on any atom is -0.389 e. The number of amides is 1. The van der Waals surface area contributed by atoms with Crippen molar-refractivity contribution >= 4 is 33.0 Å². The lowest BCUT2D eigenvalue weighted by atomic mass is 10.2. The molecule has 1 amide bonds. The summed E-state index contributed by atoms with van der Waals surface area (Å²) < 4.78 is 22.6. The molecule has 0 aliphatic carbocycles. The van der Waals surface area contributed by atoms with Crippen LogP contribution in [0.25, 0.3) is 0 Å². The summed E-state index contributed by atoms with van der Waals surface area (Å²) in [5, 5.41) is 0. The number of hydrogen-bond donors (Lipinski definition) is 1. The highest BCUT2D eigenvalue weighted by molar-refractivity contribution is 7.91. The smallest absolute Gasteiger partial charge is 0.272 e. The predicted molar refractivity (Wildman–Crippen MR) is 74.7 cm³/mol. The fraction of sp³-hybridized carbons (Fsp3) is 0.364. The number of nitrogens with zero attached hydrogens (tertiary/aromatic N) is 2. The van der Waals surface area contributed by atoms with Gasteiger partial charge in [-0.3, -0.25) is 9.78 Å². The monoisotopic (exact) mass is 299 g/mol. The second kappa shape index (κ2) is 5.22. The normalized spacial score (nSPS) is 18.0. The minimum absolute atomic E-state index is 0.00368. The van der Waals surface area contributed by atoms with Crippen molar-refractivity contribution in [3.63, 3.8) is 0 Å². The Hall–Kier alpha value is -1.54.